The molecule has 2 aromatic carbocycles. The van der Waals surface area contributed by atoms with E-state index in [0.717, 1.165) is 0 Å². The third kappa shape index (κ3) is 23.5. The molecule has 0 bridgehead atoms. The summed E-state index contributed by atoms with van der Waals surface area (Å²) >= 11 is 0. The monoisotopic (exact) mass is 375 g/mol. The SMILES string of the molecule is CC(C)(C)[NH-].CC=CC=CC.[CH3-].[CH3-].[Si].[Ti+4].c1ccc2[cH-]ccc2c1. The number of hydrogen-bond donors (Lipinski definition) is 0. The molecule has 3 heteroatoms. The normalized spacial score (nSPS) is 9.25. The summed E-state index contributed by atoms with van der Waals surface area (Å²) in [6, 6.07) is 14.7. The molecule has 1 nitrogen and oxygen atoms in total. The summed E-state index contributed by atoms with van der Waals surface area (Å²) in [5.74, 6) is 0. The molecule has 0 aliphatic carbocycles. The Balaban J connectivity index is -0.0000000731. The van der Waals surface area contributed by atoms with E-state index < -0.39 is 0 Å². The Morgan fingerprint density at radius 3 is 1.71 bits per heavy atom. The minimum Gasteiger partial charge on any atom is -0.673 e. The smallest absolute Gasteiger partial charge is 0.673 e. The molecule has 0 amide bonds. The number of hydrogen-bond acceptors (Lipinski definition) is 0. The van der Waals surface area contributed by atoms with Crippen molar-refractivity contribution in [1.82, 2.24) is 0 Å². The molecule has 2 rings (SSSR count). The van der Waals surface area contributed by atoms with Gasteiger partial charge < -0.3 is 20.6 Å². The van der Waals surface area contributed by atoms with Gasteiger partial charge >= 0.3 is 21.7 Å². The maximum atomic E-state index is 6.94. The van der Waals surface area contributed by atoms with Crippen LogP contribution in [0.5, 0.6) is 0 Å². The van der Waals surface area contributed by atoms with Crippen molar-refractivity contribution in [1.29, 1.82) is 0 Å². The van der Waals surface area contributed by atoms with Crippen molar-refractivity contribution in [3.8, 4) is 0 Å². The summed E-state index contributed by atoms with van der Waals surface area (Å²) in [5, 5.41) is 2.66. The van der Waals surface area contributed by atoms with Crippen LogP contribution in [0.25, 0.3) is 16.5 Å². The zero-order valence-corrected chi connectivity index (χ0v) is 18.9. The van der Waals surface area contributed by atoms with Crippen LogP contribution in [0.2, 0.25) is 0 Å². The van der Waals surface area contributed by atoms with Crippen molar-refractivity contribution in [2.75, 3.05) is 0 Å². The molecule has 0 aliphatic heterocycles. The van der Waals surface area contributed by atoms with Crippen LogP contribution in [-0.4, -0.2) is 16.5 Å². The molecular weight excluding hydrogens is 342 g/mol. The first kappa shape index (κ1) is 34.5. The first-order valence-corrected chi connectivity index (χ1v) is 6.98. The average Bonchev–Trinajstić information content (AvgIpc) is 2.83. The molecule has 1 N–H and O–H groups in total. The van der Waals surface area contributed by atoms with Crippen molar-refractivity contribution in [3.63, 3.8) is 0 Å². The molecule has 0 aromatic heterocycles. The van der Waals surface area contributed by atoms with Crippen LogP contribution in [0, 0.1) is 14.9 Å². The van der Waals surface area contributed by atoms with E-state index in [4.69, 9.17) is 5.73 Å². The van der Waals surface area contributed by atoms with E-state index >= 15 is 0 Å². The summed E-state index contributed by atoms with van der Waals surface area (Å²) in [6.07, 6.45) is 8.00. The Bertz CT molecular complexity index is 476. The number of allylic oxidation sites excluding steroid dienone is 4. The number of rotatable bonds is 1. The van der Waals surface area contributed by atoms with Gasteiger partial charge in [-0.25, -0.2) is 0 Å². The van der Waals surface area contributed by atoms with Gasteiger partial charge in [0.05, 0.1) is 0 Å². The van der Waals surface area contributed by atoms with Gasteiger partial charge in [0, 0.05) is 11.0 Å². The second-order valence-electron chi connectivity index (χ2n) is 5.46. The maximum Gasteiger partial charge on any atom is 4.00 e. The molecule has 24 heavy (non-hydrogen) atoms. The van der Waals surface area contributed by atoms with Crippen LogP contribution < -0.4 is 0 Å². The Morgan fingerprint density at radius 2 is 1.33 bits per heavy atom. The zero-order valence-electron chi connectivity index (χ0n) is 16.4. The second-order valence-corrected chi connectivity index (χ2v) is 5.46. The van der Waals surface area contributed by atoms with Gasteiger partial charge in [0.1, 0.15) is 0 Å². The molecule has 4 radical (unpaired) electrons. The van der Waals surface area contributed by atoms with Crippen molar-refractivity contribution >= 4 is 21.7 Å². The quantitative estimate of drug-likeness (QED) is 0.290. The first-order valence-electron chi connectivity index (χ1n) is 6.98. The van der Waals surface area contributed by atoms with E-state index in [0.29, 0.717) is 0 Å². The summed E-state index contributed by atoms with van der Waals surface area (Å²) in [4.78, 5) is 0. The van der Waals surface area contributed by atoms with Crippen LogP contribution in [0.15, 0.2) is 66.8 Å². The standard InChI is InChI=1S/C9H7.C6H10.C4H10N.2CH3.Si.Ti/c1-2-5-9-7-3-6-8(9)4-1;1-3-5-6-4-2;1-4(2,3)5;;;;/h1-7H;3-6H,1-2H3;5H,1-3H3;2*1H3;;/q-1;;3*-1;;+4. The van der Waals surface area contributed by atoms with Crippen molar-refractivity contribution in [2.24, 2.45) is 0 Å². The molecule has 0 spiro atoms. The van der Waals surface area contributed by atoms with Gasteiger partial charge in [-0.2, -0.15) is 17.5 Å². The molecule has 0 unspecified atom stereocenters. The summed E-state index contributed by atoms with van der Waals surface area (Å²) in [5.41, 5.74) is 6.69. The number of benzene rings is 1. The Morgan fingerprint density at radius 1 is 0.917 bits per heavy atom. The fourth-order valence-corrected chi connectivity index (χ4v) is 1.29. The van der Waals surface area contributed by atoms with E-state index in [1.54, 1.807) is 0 Å². The fraction of sp³-hybridized carbons (Fsp3) is 0.286. The molecule has 0 atom stereocenters. The number of nitrogens with one attached hydrogen (secondary N) is 1. The van der Waals surface area contributed by atoms with Gasteiger partial charge in [-0.1, -0.05) is 51.1 Å². The molecule has 0 saturated heterocycles. The van der Waals surface area contributed by atoms with E-state index in [9.17, 15) is 0 Å². The molecular formula is C21H33NSiTi. The summed E-state index contributed by atoms with van der Waals surface area (Å²) in [7, 11) is 0. The van der Waals surface area contributed by atoms with E-state index in [1.807, 2.05) is 58.9 Å². The van der Waals surface area contributed by atoms with Gasteiger partial charge in [0.2, 0.25) is 0 Å². The van der Waals surface area contributed by atoms with Crippen molar-refractivity contribution in [3.05, 3.63) is 87.4 Å². The molecule has 2 aromatic rings. The van der Waals surface area contributed by atoms with Crippen LogP contribution in [0.4, 0.5) is 0 Å². The predicted octanol–water partition coefficient (Wildman–Crippen LogP) is 7.05. The largest absolute Gasteiger partial charge is 4.00 e. The summed E-state index contributed by atoms with van der Waals surface area (Å²) < 4.78 is 0. The van der Waals surface area contributed by atoms with Gasteiger partial charge in [0.15, 0.2) is 0 Å². The first-order chi connectivity index (χ1) is 9.38. The van der Waals surface area contributed by atoms with E-state index in [-0.39, 0.29) is 53.1 Å². The van der Waals surface area contributed by atoms with E-state index in [2.05, 4.69) is 42.5 Å². The van der Waals surface area contributed by atoms with Gasteiger partial charge in [-0.05, 0) is 13.8 Å². The minimum absolute atomic E-state index is 0. The van der Waals surface area contributed by atoms with Gasteiger partial charge in [-0.3, -0.25) is 0 Å². The van der Waals surface area contributed by atoms with Crippen molar-refractivity contribution < 1.29 is 21.7 Å². The molecule has 0 saturated carbocycles. The Kier molecular flexibility index (Phi) is 29.1. The Hall–Kier alpha value is -0.799. The molecule has 0 heterocycles. The van der Waals surface area contributed by atoms with Crippen molar-refractivity contribution in [2.45, 2.75) is 40.2 Å². The van der Waals surface area contributed by atoms with Gasteiger partial charge in [-0.15, -0.1) is 35.2 Å². The predicted molar refractivity (Wildman–Crippen MR) is 112 cm³/mol. The minimum atomic E-state index is -0.250. The third-order valence-corrected chi connectivity index (χ3v) is 2.04. The van der Waals surface area contributed by atoms with E-state index in [1.165, 1.54) is 10.8 Å². The molecule has 130 valence electrons. The Labute approximate surface area is 170 Å². The topological polar surface area (TPSA) is 23.8 Å². The molecule has 0 aliphatic rings. The van der Waals surface area contributed by atoms with Crippen LogP contribution in [-0.2, 0) is 21.7 Å². The maximum absolute atomic E-state index is 6.94. The summed E-state index contributed by atoms with van der Waals surface area (Å²) in [6.45, 7) is 9.56. The third-order valence-electron chi connectivity index (χ3n) is 2.04. The zero-order chi connectivity index (χ0) is 15.4. The van der Waals surface area contributed by atoms with Gasteiger partial charge in [0.25, 0.3) is 0 Å². The fourth-order valence-electron chi connectivity index (χ4n) is 1.29. The molecule has 0 fully saturated rings. The van der Waals surface area contributed by atoms with Crippen LogP contribution in [0.1, 0.15) is 34.6 Å². The second kappa shape index (κ2) is 20.2. The average molecular weight is 375 g/mol. The van der Waals surface area contributed by atoms with Crippen LogP contribution >= 0.6 is 0 Å². The van der Waals surface area contributed by atoms with Crippen LogP contribution in [0.3, 0.4) is 0 Å². The number of fused-ring (bicyclic) bond motifs is 1.